The van der Waals surface area contributed by atoms with Crippen molar-refractivity contribution in [1.29, 1.82) is 0 Å². The van der Waals surface area contributed by atoms with E-state index >= 15 is 0 Å². The van der Waals surface area contributed by atoms with Gasteiger partial charge in [0.2, 0.25) is 0 Å². The van der Waals surface area contributed by atoms with Gasteiger partial charge in [-0.3, -0.25) is 4.79 Å². The summed E-state index contributed by atoms with van der Waals surface area (Å²) in [5.41, 5.74) is 1.09. The molecule has 20 heavy (non-hydrogen) atoms. The standard InChI is InChI=1S/C15H13FINO2/c1-18(9-10-2-4-11(16)5-3-10)15(20)13-8-12(17)6-7-14(13)19/h2-8,19H,9H2,1H3. The second-order valence-corrected chi connectivity index (χ2v) is 5.69. The van der Waals surface area contributed by atoms with Crippen molar-refractivity contribution in [3.8, 4) is 5.75 Å². The van der Waals surface area contributed by atoms with Gasteiger partial charge in [-0.25, -0.2) is 4.39 Å². The van der Waals surface area contributed by atoms with Crippen molar-refractivity contribution in [2.75, 3.05) is 7.05 Å². The number of nitrogens with zero attached hydrogens (tertiary/aromatic N) is 1. The van der Waals surface area contributed by atoms with Crippen LogP contribution in [0, 0.1) is 9.39 Å². The van der Waals surface area contributed by atoms with Crippen molar-refractivity contribution < 1.29 is 14.3 Å². The van der Waals surface area contributed by atoms with Gasteiger partial charge in [0.1, 0.15) is 11.6 Å². The molecule has 0 unspecified atom stereocenters. The zero-order valence-corrected chi connectivity index (χ0v) is 13.0. The number of phenolic OH excluding ortho intramolecular Hbond substituents is 1. The van der Waals surface area contributed by atoms with E-state index in [-0.39, 0.29) is 23.0 Å². The molecule has 0 radical (unpaired) electrons. The first-order valence-electron chi connectivity index (χ1n) is 5.96. The van der Waals surface area contributed by atoms with Gasteiger partial charge in [0.05, 0.1) is 5.56 Å². The monoisotopic (exact) mass is 385 g/mol. The first-order chi connectivity index (χ1) is 9.47. The number of amides is 1. The summed E-state index contributed by atoms with van der Waals surface area (Å²) < 4.78 is 13.7. The van der Waals surface area contributed by atoms with E-state index in [1.165, 1.54) is 23.1 Å². The Morgan fingerprint density at radius 2 is 1.90 bits per heavy atom. The highest BCUT2D eigenvalue weighted by Crippen LogP contribution is 2.21. The van der Waals surface area contributed by atoms with Crippen molar-refractivity contribution in [3.63, 3.8) is 0 Å². The van der Waals surface area contributed by atoms with Crippen molar-refractivity contribution in [2.24, 2.45) is 0 Å². The topological polar surface area (TPSA) is 40.5 Å². The van der Waals surface area contributed by atoms with Crippen LogP contribution in [0.2, 0.25) is 0 Å². The minimum Gasteiger partial charge on any atom is -0.507 e. The van der Waals surface area contributed by atoms with E-state index in [2.05, 4.69) is 22.6 Å². The lowest BCUT2D eigenvalue weighted by atomic mass is 10.1. The molecule has 2 rings (SSSR count). The van der Waals surface area contributed by atoms with E-state index in [9.17, 15) is 14.3 Å². The summed E-state index contributed by atoms with van der Waals surface area (Å²) in [7, 11) is 1.64. The van der Waals surface area contributed by atoms with E-state index < -0.39 is 0 Å². The SMILES string of the molecule is CN(Cc1ccc(F)cc1)C(=O)c1cc(I)ccc1O. The van der Waals surface area contributed by atoms with Gasteiger partial charge < -0.3 is 10.0 Å². The summed E-state index contributed by atoms with van der Waals surface area (Å²) in [5, 5.41) is 9.76. The Labute approximate surface area is 130 Å². The van der Waals surface area contributed by atoms with Gasteiger partial charge in [-0.1, -0.05) is 12.1 Å². The highest BCUT2D eigenvalue weighted by molar-refractivity contribution is 14.1. The van der Waals surface area contributed by atoms with Crippen molar-refractivity contribution in [2.45, 2.75) is 6.54 Å². The fourth-order valence-corrected chi connectivity index (χ4v) is 2.31. The number of carbonyl (C=O) groups excluding carboxylic acids is 1. The zero-order chi connectivity index (χ0) is 14.7. The number of carbonyl (C=O) groups is 1. The molecule has 0 aromatic heterocycles. The maximum absolute atomic E-state index is 12.8. The van der Waals surface area contributed by atoms with Crippen LogP contribution in [0.15, 0.2) is 42.5 Å². The average Bonchev–Trinajstić information content (AvgIpc) is 2.43. The molecule has 1 amide bonds. The number of phenols is 1. The second-order valence-electron chi connectivity index (χ2n) is 4.45. The second kappa shape index (κ2) is 6.21. The van der Waals surface area contributed by atoms with Crippen molar-refractivity contribution in [3.05, 3.63) is 63.0 Å². The quantitative estimate of drug-likeness (QED) is 0.823. The Kier molecular flexibility index (Phi) is 4.59. The molecule has 0 aliphatic heterocycles. The van der Waals surface area contributed by atoms with Crippen molar-refractivity contribution >= 4 is 28.5 Å². The number of rotatable bonds is 3. The highest BCUT2D eigenvalue weighted by atomic mass is 127. The molecule has 0 fully saturated rings. The lowest BCUT2D eigenvalue weighted by molar-refractivity contribution is 0.0782. The molecule has 0 spiro atoms. The van der Waals surface area contributed by atoms with Crippen LogP contribution in [0.1, 0.15) is 15.9 Å². The maximum Gasteiger partial charge on any atom is 0.257 e. The van der Waals surface area contributed by atoms with E-state index in [1.54, 1.807) is 31.3 Å². The van der Waals surface area contributed by atoms with Gasteiger partial charge in [0.25, 0.3) is 5.91 Å². The third kappa shape index (κ3) is 3.47. The molecule has 1 N–H and O–H groups in total. The summed E-state index contributed by atoms with van der Waals surface area (Å²) in [6.07, 6.45) is 0. The highest BCUT2D eigenvalue weighted by Gasteiger charge is 2.16. The normalized spacial score (nSPS) is 10.3. The molecule has 2 aromatic carbocycles. The van der Waals surface area contributed by atoms with Gasteiger partial charge in [-0.05, 0) is 58.5 Å². The zero-order valence-electron chi connectivity index (χ0n) is 10.8. The molecule has 0 aliphatic rings. The molecular weight excluding hydrogens is 372 g/mol. The van der Waals surface area contributed by atoms with Gasteiger partial charge in [0.15, 0.2) is 0 Å². The molecule has 0 saturated heterocycles. The summed E-state index contributed by atoms with van der Waals surface area (Å²) in [5.74, 6) is -0.621. The van der Waals surface area contributed by atoms with Crippen LogP contribution in [-0.2, 0) is 6.54 Å². The first kappa shape index (κ1) is 14.8. The number of aromatic hydroxyl groups is 1. The molecule has 104 valence electrons. The molecule has 0 bridgehead atoms. The Hall–Kier alpha value is -1.63. The Morgan fingerprint density at radius 3 is 2.55 bits per heavy atom. The Bertz CT molecular complexity index is 628. The molecule has 3 nitrogen and oxygen atoms in total. The summed E-state index contributed by atoms with van der Waals surface area (Å²) in [4.78, 5) is 13.8. The molecule has 0 heterocycles. The van der Waals surface area contributed by atoms with Crippen LogP contribution in [0.3, 0.4) is 0 Å². The predicted octanol–water partition coefficient (Wildman–Crippen LogP) is 3.41. The van der Waals surface area contributed by atoms with E-state index in [0.717, 1.165) is 9.13 Å². The third-order valence-electron chi connectivity index (χ3n) is 2.87. The summed E-state index contributed by atoms with van der Waals surface area (Å²) in [6, 6.07) is 10.8. The van der Waals surface area contributed by atoms with Crippen LogP contribution in [0.4, 0.5) is 4.39 Å². The number of hydrogen-bond acceptors (Lipinski definition) is 2. The first-order valence-corrected chi connectivity index (χ1v) is 7.03. The predicted molar refractivity (Wildman–Crippen MR) is 83.0 cm³/mol. The van der Waals surface area contributed by atoms with E-state index in [4.69, 9.17) is 0 Å². The third-order valence-corrected chi connectivity index (χ3v) is 3.54. The van der Waals surface area contributed by atoms with Gasteiger partial charge >= 0.3 is 0 Å². The molecule has 5 heteroatoms. The van der Waals surface area contributed by atoms with E-state index in [1.807, 2.05) is 0 Å². The molecular formula is C15H13FINO2. The largest absolute Gasteiger partial charge is 0.507 e. The maximum atomic E-state index is 12.8. The minimum atomic E-state index is -0.307. The number of benzene rings is 2. The fourth-order valence-electron chi connectivity index (χ4n) is 1.82. The van der Waals surface area contributed by atoms with Crippen LogP contribution >= 0.6 is 22.6 Å². The van der Waals surface area contributed by atoms with Gasteiger partial charge in [-0.2, -0.15) is 0 Å². The fraction of sp³-hybridized carbons (Fsp3) is 0.133. The molecule has 0 aliphatic carbocycles. The van der Waals surface area contributed by atoms with Crippen LogP contribution < -0.4 is 0 Å². The Morgan fingerprint density at radius 1 is 1.25 bits per heavy atom. The smallest absolute Gasteiger partial charge is 0.257 e. The molecule has 2 aromatic rings. The average molecular weight is 385 g/mol. The molecule has 0 atom stereocenters. The Balaban J connectivity index is 2.16. The van der Waals surface area contributed by atoms with Gasteiger partial charge in [-0.15, -0.1) is 0 Å². The lowest BCUT2D eigenvalue weighted by Crippen LogP contribution is -2.26. The lowest BCUT2D eigenvalue weighted by Gasteiger charge is -2.18. The summed E-state index contributed by atoms with van der Waals surface area (Å²) in [6.45, 7) is 0.351. The van der Waals surface area contributed by atoms with E-state index in [0.29, 0.717) is 6.54 Å². The minimum absolute atomic E-state index is 0.0404. The van der Waals surface area contributed by atoms with Crippen molar-refractivity contribution in [1.82, 2.24) is 4.90 Å². The van der Waals surface area contributed by atoms with Gasteiger partial charge in [0, 0.05) is 17.2 Å². The summed E-state index contributed by atoms with van der Waals surface area (Å²) >= 11 is 2.08. The van der Waals surface area contributed by atoms with Crippen LogP contribution in [-0.4, -0.2) is 23.0 Å². The number of halogens is 2. The molecule has 0 saturated carbocycles. The van der Waals surface area contributed by atoms with Crippen LogP contribution in [0.5, 0.6) is 5.75 Å². The van der Waals surface area contributed by atoms with Crippen LogP contribution in [0.25, 0.3) is 0 Å². The number of hydrogen-bond donors (Lipinski definition) is 1.